The van der Waals surface area contributed by atoms with Gasteiger partial charge in [-0.1, -0.05) is 57.0 Å². The SMILES string of the molecule is CCCNCC(CCC(C)C)Cc1ccccc1Cl. The smallest absolute Gasteiger partial charge is 0.0438 e. The van der Waals surface area contributed by atoms with Crippen LogP contribution in [0.2, 0.25) is 5.02 Å². The van der Waals surface area contributed by atoms with E-state index in [1.807, 2.05) is 12.1 Å². The van der Waals surface area contributed by atoms with Crippen LogP contribution in [-0.4, -0.2) is 13.1 Å². The van der Waals surface area contributed by atoms with E-state index in [9.17, 15) is 0 Å². The van der Waals surface area contributed by atoms with Gasteiger partial charge in [0.2, 0.25) is 0 Å². The van der Waals surface area contributed by atoms with Crippen LogP contribution in [0, 0.1) is 11.8 Å². The van der Waals surface area contributed by atoms with E-state index in [-0.39, 0.29) is 0 Å². The molecule has 0 amide bonds. The van der Waals surface area contributed by atoms with Crippen LogP contribution in [0.4, 0.5) is 0 Å². The van der Waals surface area contributed by atoms with Crippen LogP contribution in [0.3, 0.4) is 0 Å². The summed E-state index contributed by atoms with van der Waals surface area (Å²) in [5.41, 5.74) is 1.29. The Balaban J connectivity index is 2.54. The molecule has 0 saturated heterocycles. The summed E-state index contributed by atoms with van der Waals surface area (Å²) in [7, 11) is 0. The average molecular weight is 282 g/mol. The molecule has 0 fully saturated rings. The molecule has 0 saturated carbocycles. The molecule has 1 unspecified atom stereocenters. The standard InChI is InChI=1S/C17H28ClN/c1-4-11-19-13-15(10-9-14(2)3)12-16-7-5-6-8-17(16)18/h5-8,14-15,19H,4,9-13H2,1-3H3. The molecule has 0 aliphatic rings. The van der Waals surface area contributed by atoms with E-state index in [1.165, 1.54) is 24.8 Å². The number of hydrogen-bond donors (Lipinski definition) is 1. The minimum Gasteiger partial charge on any atom is -0.316 e. The third kappa shape index (κ3) is 6.98. The lowest BCUT2D eigenvalue weighted by Gasteiger charge is -2.19. The van der Waals surface area contributed by atoms with E-state index in [0.717, 1.165) is 30.5 Å². The fourth-order valence-corrected chi connectivity index (χ4v) is 2.52. The molecule has 0 aliphatic heterocycles. The molecular weight excluding hydrogens is 254 g/mol. The monoisotopic (exact) mass is 281 g/mol. The van der Waals surface area contributed by atoms with Gasteiger partial charge in [-0.15, -0.1) is 0 Å². The van der Waals surface area contributed by atoms with Gasteiger partial charge in [0, 0.05) is 5.02 Å². The summed E-state index contributed by atoms with van der Waals surface area (Å²) in [4.78, 5) is 0. The molecule has 0 spiro atoms. The lowest BCUT2D eigenvalue weighted by Crippen LogP contribution is -2.25. The minimum absolute atomic E-state index is 0.689. The lowest BCUT2D eigenvalue weighted by molar-refractivity contribution is 0.399. The zero-order valence-electron chi connectivity index (χ0n) is 12.6. The lowest BCUT2D eigenvalue weighted by atomic mass is 9.91. The van der Waals surface area contributed by atoms with Crippen LogP contribution in [-0.2, 0) is 6.42 Å². The maximum atomic E-state index is 6.27. The maximum absolute atomic E-state index is 6.27. The van der Waals surface area contributed by atoms with Crippen LogP contribution in [0.1, 0.15) is 45.6 Å². The van der Waals surface area contributed by atoms with Gasteiger partial charge in [-0.25, -0.2) is 0 Å². The van der Waals surface area contributed by atoms with Crippen LogP contribution in [0.25, 0.3) is 0 Å². The van der Waals surface area contributed by atoms with E-state index >= 15 is 0 Å². The summed E-state index contributed by atoms with van der Waals surface area (Å²) in [6.45, 7) is 9.02. The van der Waals surface area contributed by atoms with E-state index in [1.54, 1.807) is 0 Å². The molecule has 0 aliphatic carbocycles. The predicted molar refractivity (Wildman–Crippen MR) is 85.9 cm³/mol. The number of benzene rings is 1. The van der Waals surface area contributed by atoms with Crippen molar-refractivity contribution < 1.29 is 0 Å². The van der Waals surface area contributed by atoms with E-state index < -0.39 is 0 Å². The van der Waals surface area contributed by atoms with Gasteiger partial charge in [-0.2, -0.15) is 0 Å². The quantitative estimate of drug-likeness (QED) is 0.633. The first-order valence-electron chi connectivity index (χ1n) is 7.57. The molecule has 1 aromatic carbocycles. The summed E-state index contributed by atoms with van der Waals surface area (Å²) in [6, 6.07) is 8.24. The normalized spacial score (nSPS) is 12.9. The largest absolute Gasteiger partial charge is 0.316 e. The highest BCUT2D eigenvalue weighted by atomic mass is 35.5. The zero-order valence-corrected chi connectivity index (χ0v) is 13.3. The van der Waals surface area contributed by atoms with Gasteiger partial charge in [-0.3, -0.25) is 0 Å². The molecule has 0 aromatic heterocycles. The molecule has 19 heavy (non-hydrogen) atoms. The third-order valence-electron chi connectivity index (χ3n) is 3.48. The predicted octanol–water partition coefficient (Wildman–Crippen LogP) is 4.93. The maximum Gasteiger partial charge on any atom is 0.0438 e. The first kappa shape index (κ1) is 16.5. The molecule has 0 bridgehead atoms. The molecule has 1 atom stereocenters. The van der Waals surface area contributed by atoms with Gasteiger partial charge in [-0.05, 0) is 55.8 Å². The highest BCUT2D eigenvalue weighted by Gasteiger charge is 2.12. The molecule has 1 aromatic rings. The van der Waals surface area contributed by atoms with Crippen LogP contribution < -0.4 is 5.32 Å². The van der Waals surface area contributed by atoms with Gasteiger partial charge in [0.1, 0.15) is 0 Å². The molecule has 0 radical (unpaired) electrons. The Hall–Kier alpha value is -0.530. The minimum atomic E-state index is 0.689. The fourth-order valence-electron chi connectivity index (χ4n) is 2.30. The molecule has 1 rings (SSSR count). The molecule has 108 valence electrons. The second-order valence-corrected chi connectivity index (χ2v) is 6.24. The van der Waals surface area contributed by atoms with Crippen LogP contribution >= 0.6 is 11.6 Å². The highest BCUT2D eigenvalue weighted by Crippen LogP contribution is 2.22. The fraction of sp³-hybridized carbons (Fsp3) is 0.647. The number of hydrogen-bond acceptors (Lipinski definition) is 1. The second-order valence-electron chi connectivity index (χ2n) is 5.84. The van der Waals surface area contributed by atoms with Crippen molar-refractivity contribution in [1.29, 1.82) is 0 Å². The topological polar surface area (TPSA) is 12.0 Å². The molecular formula is C17H28ClN. The Morgan fingerprint density at radius 1 is 1.16 bits per heavy atom. The van der Waals surface area contributed by atoms with Crippen molar-refractivity contribution >= 4 is 11.6 Å². The van der Waals surface area contributed by atoms with Crippen molar-refractivity contribution in [3.05, 3.63) is 34.9 Å². The Morgan fingerprint density at radius 2 is 1.89 bits per heavy atom. The van der Waals surface area contributed by atoms with Crippen LogP contribution in [0.15, 0.2) is 24.3 Å². The summed E-state index contributed by atoms with van der Waals surface area (Å²) in [5.74, 6) is 1.47. The average Bonchev–Trinajstić information content (AvgIpc) is 2.38. The first-order chi connectivity index (χ1) is 9.13. The second kappa shape index (κ2) is 9.39. The van der Waals surface area contributed by atoms with Crippen LogP contribution in [0.5, 0.6) is 0 Å². The van der Waals surface area contributed by atoms with Crippen molar-refractivity contribution in [2.45, 2.75) is 46.5 Å². The number of nitrogens with one attached hydrogen (secondary N) is 1. The van der Waals surface area contributed by atoms with Crippen molar-refractivity contribution in [3.8, 4) is 0 Å². The Kier molecular flexibility index (Phi) is 8.16. The van der Waals surface area contributed by atoms with Gasteiger partial charge < -0.3 is 5.32 Å². The molecule has 2 heteroatoms. The third-order valence-corrected chi connectivity index (χ3v) is 3.85. The first-order valence-corrected chi connectivity index (χ1v) is 7.95. The Morgan fingerprint density at radius 3 is 2.53 bits per heavy atom. The van der Waals surface area contributed by atoms with Gasteiger partial charge in [0.25, 0.3) is 0 Å². The van der Waals surface area contributed by atoms with Gasteiger partial charge in [0.15, 0.2) is 0 Å². The summed E-state index contributed by atoms with van der Waals surface area (Å²) >= 11 is 6.27. The van der Waals surface area contributed by atoms with Gasteiger partial charge in [0.05, 0.1) is 0 Å². The van der Waals surface area contributed by atoms with Crippen molar-refractivity contribution in [2.24, 2.45) is 11.8 Å². The Bertz CT molecular complexity index is 349. The Labute approximate surface area is 123 Å². The molecule has 1 nitrogen and oxygen atoms in total. The molecule has 0 heterocycles. The van der Waals surface area contributed by atoms with E-state index in [4.69, 9.17) is 11.6 Å². The summed E-state index contributed by atoms with van der Waals surface area (Å²) < 4.78 is 0. The van der Waals surface area contributed by atoms with Crippen molar-refractivity contribution in [3.63, 3.8) is 0 Å². The summed E-state index contributed by atoms with van der Waals surface area (Å²) in [5, 5.41) is 4.47. The van der Waals surface area contributed by atoms with E-state index in [2.05, 4.69) is 38.2 Å². The number of halogens is 1. The highest BCUT2D eigenvalue weighted by molar-refractivity contribution is 6.31. The zero-order chi connectivity index (χ0) is 14.1. The summed E-state index contributed by atoms with van der Waals surface area (Å²) in [6.07, 6.45) is 4.86. The molecule has 1 N–H and O–H groups in total. The number of rotatable bonds is 9. The van der Waals surface area contributed by atoms with Crippen molar-refractivity contribution in [2.75, 3.05) is 13.1 Å². The van der Waals surface area contributed by atoms with Gasteiger partial charge >= 0.3 is 0 Å². The van der Waals surface area contributed by atoms with Crippen molar-refractivity contribution in [1.82, 2.24) is 5.32 Å². The van der Waals surface area contributed by atoms with E-state index in [0.29, 0.717) is 5.92 Å².